The van der Waals surface area contributed by atoms with Crippen LogP contribution in [0.3, 0.4) is 0 Å². The third-order valence-electron chi connectivity index (χ3n) is 4.92. The van der Waals surface area contributed by atoms with Gasteiger partial charge in [0.05, 0.1) is 0 Å². The van der Waals surface area contributed by atoms with Crippen molar-refractivity contribution in [2.24, 2.45) is 0 Å². The van der Waals surface area contributed by atoms with Gasteiger partial charge in [-0.15, -0.1) is 0 Å². The highest BCUT2D eigenvalue weighted by atomic mass is 32.2. The summed E-state index contributed by atoms with van der Waals surface area (Å²) in [6.45, 7) is 12.1. The van der Waals surface area contributed by atoms with E-state index in [1.165, 1.54) is 11.1 Å². The average Bonchev–Trinajstić information content (AvgIpc) is 2.82. The zero-order valence-corrected chi connectivity index (χ0v) is 19.3. The molecule has 0 amide bonds. The van der Waals surface area contributed by atoms with Crippen molar-refractivity contribution in [1.82, 2.24) is 4.31 Å². The van der Waals surface area contributed by atoms with Crippen molar-refractivity contribution in [3.05, 3.63) is 102 Å². The quantitative estimate of drug-likeness (QED) is 0.305. The third kappa shape index (κ3) is 7.50. The van der Waals surface area contributed by atoms with Crippen LogP contribution in [0.2, 0.25) is 0 Å². The van der Waals surface area contributed by atoms with E-state index < -0.39 is 0 Å². The maximum Gasteiger partial charge on any atom is 0.119 e. The van der Waals surface area contributed by atoms with Crippen LogP contribution >= 0.6 is 11.9 Å². The number of anilines is 1. The van der Waals surface area contributed by atoms with Gasteiger partial charge in [-0.1, -0.05) is 75.0 Å². The Labute approximate surface area is 191 Å². The van der Waals surface area contributed by atoms with E-state index in [-0.39, 0.29) is 0 Å². The van der Waals surface area contributed by atoms with Gasteiger partial charge in [0.25, 0.3) is 0 Å². The number of benzene rings is 3. The topological polar surface area (TPSA) is 24.5 Å². The number of nitrogens with one attached hydrogen (secondary N) is 1. The molecule has 162 valence electrons. The fourth-order valence-corrected chi connectivity index (χ4v) is 4.12. The van der Waals surface area contributed by atoms with E-state index in [4.69, 9.17) is 4.74 Å². The van der Waals surface area contributed by atoms with Gasteiger partial charge < -0.3 is 10.1 Å². The van der Waals surface area contributed by atoms with Gasteiger partial charge in [0.1, 0.15) is 12.4 Å². The standard InChI is InChI=1S/C27H32N2OS/c1-4-18-29(5-2)31-22(3)25-12-9-13-26(19-25)28-20-23-14-16-27(17-15-23)30-21-24-10-7-6-8-11-24/h6-17,19,28H,3-5,18,20-21H2,1-2H3. The van der Waals surface area contributed by atoms with Gasteiger partial charge in [0, 0.05) is 30.2 Å². The molecule has 0 atom stereocenters. The van der Waals surface area contributed by atoms with E-state index in [0.717, 1.165) is 48.0 Å². The Hall–Kier alpha value is -2.69. The SMILES string of the molecule is C=C(SN(CC)CCC)c1cccc(NCc2ccc(OCc3ccccc3)cc2)c1. The number of rotatable bonds is 12. The minimum atomic E-state index is 0.584. The van der Waals surface area contributed by atoms with E-state index >= 15 is 0 Å². The van der Waals surface area contributed by atoms with Crippen molar-refractivity contribution >= 4 is 22.5 Å². The van der Waals surface area contributed by atoms with E-state index in [0.29, 0.717) is 6.61 Å². The van der Waals surface area contributed by atoms with E-state index in [2.05, 4.69) is 78.6 Å². The Kier molecular flexibility index (Phi) is 9.07. The molecule has 1 N–H and O–H groups in total. The molecule has 0 aliphatic rings. The first kappa shape index (κ1) is 23.0. The summed E-state index contributed by atoms with van der Waals surface area (Å²) in [6, 6.07) is 27.0. The molecular weight excluding hydrogens is 400 g/mol. The largest absolute Gasteiger partial charge is 0.489 e. The summed E-state index contributed by atoms with van der Waals surface area (Å²) in [4.78, 5) is 1.08. The summed E-state index contributed by atoms with van der Waals surface area (Å²) >= 11 is 1.75. The summed E-state index contributed by atoms with van der Waals surface area (Å²) in [5, 5.41) is 3.52. The lowest BCUT2D eigenvalue weighted by atomic mass is 10.1. The molecule has 0 bridgehead atoms. The van der Waals surface area contributed by atoms with Crippen LogP contribution in [-0.4, -0.2) is 17.4 Å². The fraction of sp³-hybridized carbons (Fsp3) is 0.259. The van der Waals surface area contributed by atoms with Crippen LogP contribution in [0.15, 0.2) is 85.4 Å². The molecule has 3 nitrogen and oxygen atoms in total. The van der Waals surface area contributed by atoms with Crippen LogP contribution in [0, 0.1) is 0 Å². The van der Waals surface area contributed by atoms with Crippen molar-refractivity contribution < 1.29 is 4.74 Å². The second-order valence-electron chi connectivity index (χ2n) is 7.39. The van der Waals surface area contributed by atoms with Crippen LogP contribution in [0.5, 0.6) is 5.75 Å². The van der Waals surface area contributed by atoms with E-state index in [1.54, 1.807) is 11.9 Å². The summed E-state index contributed by atoms with van der Waals surface area (Å²) in [7, 11) is 0. The second-order valence-corrected chi connectivity index (χ2v) is 8.58. The molecule has 31 heavy (non-hydrogen) atoms. The van der Waals surface area contributed by atoms with Gasteiger partial charge in [-0.2, -0.15) is 0 Å². The van der Waals surface area contributed by atoms with Crippen molar-refractivity contribution in [3.8, 4) is 5.75 Å². The molecule has 0 saturated carbocycles. The van der Waals surface area contributed by atoms with Gasteiger partial charge in [-0.3, -0.25) is 0 Å². The second kappa shape index (κ2) is 12.2. The Morgan fingerprint density at radius 3 is 2.42 bits per heavy atom. The summed E-state index contributed by atoms with van der Waals surface area (Å²) in [5.74, 6) is 0.885. The number of nitrogens with zero attached hydrogens (tertiary/aromatic N) is 1. The Balaban J connectivity index is 1.51. The zero-order chi connectivity index (χ0) is 21.9. The minimum Gasteiger partial charge on any atom is -0.489 e. The molecule has 0 saturated heterocycles. The molecule has 3 aromatic carbocycles. The molecule has 0 spiro atoms. The zero-order valence-electron chi connectivity index (χ0n) is 18.5. The van der Waals surface area contributed by atoms with Gasteiger partial charge in [-0.05, 0) is 59.3 Å². The molecule has 0 aliphatic carbocycles. The minimum absolute atomic E-state index is 0.584. The predicted octanol–water partition coefficient (Wildman–Crippen LogP) is 7.23. The predicted molar refractivity (Wildman–Crippen MR) is 135 cm³/mol. The highest BCUT2D eigenvalue weighted by Gasteiger charge is 2.07. The smallest absolute Gasteiger partial charge is 0.119 e. The molecule has 0 radical (unpaired) electrons. The van der Waals surface area contributed by atoms with Gasteiger partial charge in [0.2, 0.25) is 0 Å². The molecule has 0 aliphatic heterocycles. The van der Waals surface area contributed by atoms with Gasteiger partial charge >= 0.3 is 0 Å². The molecule has 3 aromatic rings. The molecule has 0 unspecified atom stereocenters. The Morgan fingerprint density at radius 1 is 0.935 bits per heavy atom. The van der Waals surface area contributed by atoms with Crippen molar-refractivity contribution in [2.45, 2.75) is 33.4 Å². The third-order valence-corrected chi connectivity index (χ3v) is 6.07. The first-order valence-corrected chi connectivity index (χ1v) is 11.7. The van der Waals surface area contributed by atoms with Crippen LogP contribution in [0.1, 0.15) is 37.0 Å². The van der Waals surface area contributed by atoms with Crippen LogP contribution in [0.25, 0.3) is 4.91 Å². The van der Waals surface area contributed by atoms with Gasteiger partial charge in [0.15, 0.2) is 0 Å². The first-order chi connectivity index (χ1) is 15.2. The van der Waals surface area contributed by atoms with Crippen LogP contribution < -0.4 is 10.1 Å². The molecular formula is C27H32N2OS. The summed E-state index contributed by atoms with van der Waals surface area (Å²) < 4.78 is 8.22. The number of hydrogen-bond acceptors (Lipinski definition) is 4. The normalized spacial score (nSPS) is 10.8. The Morgan fingerprint density at radius 2 is 1.71 bits per heavy atom. The maximum absolute atomic E-state index is 5.87. The van der Waals surface area contributed by atoms with Crippen molar-refractivity contribution in [3.63, 3.8) is 0 Å². The first-order valence-electron chi connectivity index (χ1n) is 10.9. The molecule has 4 heteroatoms. The summed E-state index contributed by atoms with van der Waals surface area (Å²) in [5.41, 5.74) is 4.65. The highest BCUT2D eigenvalue weighted by Crippen LogP contribution is 2.30. The maximum atomic E-state index is 5.87. The Bertz CT molecular complexity index is 941. The van der Waals surface area contributed by atoms with Crippen LogP contribution in [-0.2, 0) is 13.2 Å². The van der Waals surface area contributed by atoms with E-state index in [1.807, 2.05) is 30.3 Å². The molecule has 0 fully saturated rings. The number of ether oxygens (including phenoxy) is 1. The average molecular weight is 433 g/mol. The van der Waals surface area contributed by atoms with Crippen molar-refractivity contribution in [2.75, 3.05) is 18.4 Å². The van der Waals surface area contributed by atoms with Gasteiger partial charge in [-0.25, -0.2) is 4.31 Å². The van der Waals surface area contributed by atoms with Crippen molar-refractivity contribution in [1.29, 1.82) is 0 Å². The fourth-order valence-electron chi connectivity index (χ4n) is 3.18. The highest BCUT2D eigenvalue weighted by molar-refractivity contribution is 8.06. The lowest BCUT2D eigenvalue weighted by molar-refractivity contribution is 0.306. The number of hydrogen-bond donors (Lipinski definition) is 1. The molecule has 0 aromatic heterocycles. The lowest BCUT2D eigenvalue weighted by Crippen LogP contribution is -2.15. The van der Waals surface area contributed by atoms with E-state index in [9.17, 15) is 0 Å². The summed E-state index contributed by atoms with van der Waals surface area (Å²) in [6.07, 6.45) is 1.14. The molecule has 3 rings (SSSR count). The monoisotopic (exact) mass is 432 g/mol. The lowest BCUT2D eigenvalue weighted by Gasteiger charge is -2.19. The van der Waals surface area contributed by atoms with Crippen LogP contribution in [0.4, 0.5) is 5.69 Å². The molecule has 0 heterocycles.